The third-order valence-electron chi connectivity index (χ3n) is 5.00. The van der Waals surface area contributed by atoms with Crippen molar-refractivity contribution >= 4 is 5.65 Å². The van der Waals surface area contributed by atoms with Crippen LogP contribution in [0.1, 0.15) is 31.7 Å². The van der Waals surface area contributed by atoms with Gasteiger partial charge in [0.15, 0.2) is 0 Å². The maximum absolute atomic E-state index is 6.14. The Balaban J connectivity index is 1.56. The van der Waals surface area contributed by atoms with E-state index in [0.717, 1.165) is 44.0 Å². The first-order chi connectivity index (χ1) is 11.0. The van der Waals surface area contributed by atoms with Crippen LogP contribution in [0.5, 0.6) is 0 Å². The predicted molar refractivity (Wildman–Crippen MR) is 88.5 cm³/mol. The monoisotopic (exact) mass is 315 g/mol. The van der Waals surface area contributed by atoms with E-state index in [4.69, 9.17) is 9.47 Å². The Morgan fingerprint density at radius 1 is 1.26 bits per heavy atom. The molecule has 1 unspecified atom stereocenters. The third-order valence-corrected chi connectivity index (χ3v) is 5.00. The van der Waals surface area contributed by atoms with E-state index in [-0.39, 0.29) is 11.2 Å². The quantitative estimate of drug-likeness (QED) is 0.853. The summed E-state index contributed by atoms with van der Waals surface area (Å²) in [5.41, 5.74) is 3.18. The summed E-state index contributed by atoms with van der Waals surface area (Å²) in [6.45, 7) is 10.7. The number of hydrogen-bond donors (Lipinski definition) is 0. The number of aromatic nitrogens is 2. The molecule has 2 aliphatic rings. The lowest BCUT2D eigenvalue weighted by Gasteiger charge is -2.40. The maximum atomic E-state index is 6.14. The molecule has 2 saturated heterocycles. The van der Waals surface area contributed by atoms with Crippen molar-refractivity contribution in [3.05, 3.63) is 35.8 Å². The van der Waals surface area contributed by atoms with Gasteiger partial charge in [-0.15, -0.1) is 0 Å². The summed E-state index contributed by atoms with van der Waals surface area (Å²) < 4.78 is 14.3. The third kappa shape index (κ3) is 2.77. The molecule has 0 aromatic carbocycles. The topological polar surface area (TPSA) is 39.0 Å². The molecule has 124 valence electrons. The van der Waals surface area contributed by atoms with Crippen molar-refractivity contribution in [1.82, 2.24) is 14.3 Å². The zero-order valence-electron chi connectivity index (χ0n) is 14.2. The van der Waals surface area contributed by atoms with Crippen LogP contribution in [0.3, 0.4) is 0 Å². The summed E-state index contributed by atoms with van der Waals surface area (Å²) >= 11 is 0. The normalized spacial score (nSPS) is 28.0. The highest BCUT2D eigenvalue weighted by Gasteiger charge is 2.48. The van der Waals surface area contributed by atoms with Gasteiger partial charge >= 0.3 is 0 Å². The van der Waals surface area contributed by atoms with Crippen molar-refractivity contribution in [2.45, 2.75) is 44.9 Å². The maximum Gasteiger partial charge on any atom is 0.137 e. The molecular formula is C18H25N3O2. The van der Waals surface area contributed by atoms with Crippen molar-refractivity contribution < 1.29 is 9.47 Å². The molecule has 0 aliphatic carbocycles. The summed E-state index contributed by atoms with van der Waals surface area (Å²) in [5.74, 6) is 0. The number of imidazole rings is 1. The smallest absolute Gasteiger partial charge is 0.137 e. The molecule has 0 amide bonds. The van der Waals surface area contributed by atoms with Crippen molar-refractivity contribution in [3.8, 4) is 0 Å². The molecule has 0 N–H and O–H groups in total. The van der Waals surface area contributed by atoms with Crippen LogP contribution >= 0.6 is 0 Å². The standard InChI is InChI=1S/C18H25N3O2/c1-14-15(21-7-5-4-6-16(21)19-14)10-20-8-9-22-18(12-20)11-17(2,3)23-13-18/h4-7H,8-13H2,1-3H3. The SMILES string of the molecule is Cc1nc2ccccn2c1CN1CCOC2(COC(C)(C)C2)C1. The van der Waals surface area contributed by atoms with Crippen LogP contribution in [-0.4, -0.2) is 51.8 Å². The second-order valence-electron chi connectivity index (χ2n) is 7.54. The molecule has 0 saturated carbocycles. The zero-order chi connectivity index (χ0) is 16.1. The van der Waals surface area contributed by atoms with E-state index in [2.05, 4.69) is 53.4 Å². The Kier molecular flexibility index (Phi) is 3.48. The Bertz CT molecular complexity index is 724. The lowest BCUT2D eigenvalue weighted by atomic mass is 9.92. The number of morpholine rings is 1. The van der Waals surface area contributed by atoms with E-state index in [1.165, 1.54) is 5.69 Å². The summed E-state index contributed by atoms with van der Waals surface area (Å²) in [6.07, 6.45) is 3.06. The average Bonchev–Trinajstić information content (AvgIpc) is 2.97. The Hall–Kier alpha value is -1.43. The van der Waals surface area contributed by atoms with Crippen molar-refractivity contribution in [3.63, 3.8) is 0 Å². The molecule has 0 bridgehead atoms. The number of nitrogens with zero attached hydrogens (tertiary/aromatic N) is 3. The van der Waals surface area contributed by atoms with E-state index in [0.29, 0.717) is 6.61 Å². The van der Waals surface area contributed by atoms with E-state index in [1.54, 1.807) is 0 Å². The Morgan fingerprint density at radius 3 is 2.91 bits per heavy atom. The molecule has 5 nitrogen and oxygen atoms in total. The van der Waals surface area contributed by atoms with Crippen LogP contribution in [0.15, 0.2) is 24.4 Å². The second kappa shape index (κ2) is 5.30. The van der Waals surface area contributed by atoms with Crippen molar-refractivity contribution in [2.24, 2.45) is 0 Å². The molecule has 23 heavy (non-hydrogen) atoms. The summed E-state index contributed by atoms with van der Waals surface area (Å²) in [5, 5.41) is 0. The van der Waals surface area contributed by atoms with Gasteiger partial charge in [-0.1, -0.05) is 6.07 Å². The highest BCUT2D eigenvalue weighted by atomic mass is 16.6. The van der Waals surface area contributed by atoms with Gasteiger partial charge in [0, 0.05) is 32.3 Å². The molecule has 1 spiro atoms. The lowest BCUT2D eigenvalue weighted by Crippen LogP contribution is -2.52. The molecule has 0 radical (unpaired) electrons. The van der Waals surface area contributed by atoms with Gasteiger partial charge in [0.2, 0.25) is 0 Å². The number of ether oxygens (including phenoxy) is 2. The highest BCUT2D eigenvalue weighted by molar-refractivity contribution is 5.42. The second-order valence-corrected chi connectivity index (χ2v) is 7.54. The largest absolute Gasteiger partial charge is 0.372 e. The van der Waals surface area contributed by atoms with Crippen LogP contribution in [0, 0.1) is 6.92 Å². The Labute approximate surface area is 137 Å². The van der Waals surface area contributed by atoms with Crippen LogP contribution in [0.2, 0.25) is 0 Å². The molecule has 2 aromatic heterocycles. The minimum atomic E-state index is -0.143. The average molecular weight is 315 g/mol. The van der Waals surface area contributed by atoms with Gasteiger partial charge in [0.25, 0.3) is 0 Å². The van der Waals surface area contributed by atoms with Gasteiger partial charge in [-0.25, -0.2) is 4.98 Å². The molecule has 4 rings (SSSR count). The molecular weight excluding hydrogens is 290 g/mol. The van der Waals surface area contributed by atoms with Crippen LogP contribution in [0.25, 0.3) is 5.65 Å². The van der Waals surface area contributed by atoms with E-state index in [1.807, 2.05) is 6.07 Å². The van der Waals surface area contributed by atoms with E-state index >= 15 is 0 Å². The first-order valence-electron chi connectivity index (χ1n) is 8.39. The summed E-state index contributed by atoms with van der Waals surface area (Å²) in [4.78, 5) is 7.15. The van der Waals surface area contributed by atoms with Gasteiger partial charge in [-0.05, 0) is 32.9 Å². The van der Waals surface area contributed by atoms with Gasteiger partial charge < -0.3 is 13.9 Å². The van der Waals surface area contributed by atoms with Crippen LogP contribution in [-0.2, 0) is 16.0 Å². The van der Waals surface area contributed by atoms with Gasteiger partial charge in [-0.3, -0.25) is 4.90 Å². The van der Waals surface area contributed by atoms with Gasteiger partial charge in [-0.2, -0.15) is 0 Å². The fraction of sp³-hybridized carbons (Fsp3) is 0.611. The number of fused-ring (bicyclic) bond motifs is 1. The van der Waals surface area contributed by atoms with E-state index < -0.39 is 0 Å². The van der Waals surface area contributed by atoms with Crippen molar-refractivity contribution in [2.75, 3.05) is 26.3 Å². The number of rotatable bonds is 2. The number of hydrogen-bond acceptors (Lipinski definition) is 4. The first kappa shape index (κ1) is 15.1. The van der Waals surface area contributed by atoms with Gasteiger partial charge in [0.05, 0.1) is 30.2 Å². The zero-order valence-corrected chi connectivity index (χ0v) is 14.2. The summed E-state index contributed by atoms with van der Waals surface area (Å²) in [7, 11) is 0. The number of pyridine rings is 1. The molecule has 1 atom stereocenters. The minimum absolute atomic E-state index is 0.0811. The first-order valence-corrected chi connectivity index (χ1v) is 8.39. The minimum Gasteiger partial charge on any atom is -0.372 e. The fourth-order valence-corrected chi connectivity index (χ4v) is 4.02. The van der Waals surface area contributed by atoms with Crippen LogP contribution < -0.4 is 0 Å². The summed E-state index contributed by atoms with van der Waals surface area (Å²) in [6, 6.07) is 6.16. The molecule has 4 heterocycles. The molecule has 2 fully saturated rings. The molecule has 2 aliphatic heterocycles. The van der Waals surface area contributed by atoms with Crippen molar-refractivity contribution in [1.29, 1.82) is 0 Å². The van der Waals surface area contributed by atoms with Crippen LogP contribution in [0.4, 0.5) is 0 Å². The lowest BCUT2D eigenvalue weighted by molar-refractivity contribution is -0.111. The fourth-order valence-electron chi connectivity index (χ4n) is 4.02. The number of aryl methyl sites for hydroxylation is 1. The van der Waals surface area contributed by atoms with Gasteiger partial charge in [0.1, 0.15) is 11.2 Å². The van der Waals surface area contributed by atoms with E-state index in [9.17, 15) is 0 Å². The molecule has 2 aromatic rings. The predicted octanol–water partition coefficient (Wildman–Crippen LogP) is 2.41. The highest BCUT2D eigenvalue weighted by Crippen LogP contribution is 2.37. The Morgan fingerprint density at radius 2 is 2.13 bits per heavy atom. The molecule has 5 heteroatoms.